The minimum atomic E-state index is -6.55. The van der Waals surface area contributed by atoms with Crippen LogP contribution < -0.4 is 0 Å². The van der Waals surface area contributed by atoms with Crippen molar-refractivity contribution in [1.82, 2.24) is 0 Å². The molecule has 5 rings (SSSR count). The standard InChI is InChI=1S/H16O19Si12/c1-20-26(11)17-29(14)23(5,6)30(15)18-27(20,12)22(3,4)28(13,21(26)2)19-31(16,24(29,7)8)25(30,9)10/h1-16H. The van der Waals surface area contributed by atoms with Gasteiger partial charge in [-0.15, -0.1) is 0 Å². The molecule has 0 aliphatic carbocycles. The molecule has 5 aliphatic rings. The monoisotopic (exact) mass is 656 g/mol. The molecule has 31 heteroatoms. The number of rotatable bonds is 0. The summed E-state index contributed by atoms with van der Waals surface area (Å²) in [5.74, 6) is 0. The van der Waals surface area contributed by atoms with Crippen molar-refractivity contribution < 1.29 is 89.1 Å². The van der Waals surface area contributed by atoms with Gasteiger partial charge in [-0.05, 0) is 0 Å². The van der Waals surface area contributed by atoms with E-state index in [2.05, 4.69) is 0 Å². The predicted octanol–water partition coefficient (Wildman–Crippen LogP) is -13.7. The smallest absolute Gasteiger partial charge is 0.426 e. The summed E-state index contributed by atoms with van der Waals surface area (Å²) >= 11 is 0. The highest BCUT2D eigenvalue weighted by atomic mass is 30.3. The minimum absolute atomic E-state index is 4.44. The lowest BCUT2D eigenvalue weighted by molar-refractivity contribution is 0.219. The molecule has 5 aliphatic heterocycles. The van der Waals surface area contributed by atoms with Crippen molar-refractivity contribution in [2.24, 2.45) is 0 Å². The molecule has 0 aromatic heterocycles. The van der Waals surface area contributed by atoms with Crippen LogP contribution in [0.5, 0.6) is 0 Å². The molecule has 0 amide bonds. The van der Waals surface area contributed by atoms with E-state index in [0.29, 0.717) is 0 Å². The van der Waals surface area contributed by atoms with Crippen LogP contribution in [0.3, 0.4) is 0 Å². The van der Waals surface area contributed by atoms with Crippen molar-refractivity contribution in [2.75, 3.05) is 0 Å². The molecule has 4 unspecified atom stereocenters. The lowest BCUT2D eigenvalue weighted by atomic mass is 15.7. The molecule has 5 heterocycles. The Hall–Kier alpha value is 1.84. The summed E-state index contributed by atoms with van der Waals surface area (Å²) in [7, 11) is -72.2. The molecule has 6 bridgehead atoms. The van der Waals surface area contributed by atoms with Crippen molar-refractivity contribution >= 4 is 92.1 Å². The van der Waals surface area contributed by atoms with Crippen molar-refractivity contribution in [3.8, 4) is 0 Å². The first kappa shape index (κ1) is 25.9. The van der Waals surface area contributed by atoms with Crippen LogP contribution in [0.4, 0.5) is 0 Å². The number of hydrogen-bond donors (Lipinski definition) is 16. The van der Waals surface area contributed by atoms with E-state index in [-0.39, 0.29) is 0 Å². The van der Waals surface area contributed by atoms with Crippen LogP contribution in [-0.4, -0.2) is 169 Å². The average molecular weight is 657 g/mol. The van der Waals surface area contributed by atoms with Crippen LogP contribution in [0.15, 0.2) is 0 Å². The summed E-state index contributed by atoms with van der Waals surface area (Å²) in [6.07, 6.45) is 0. The Labute approximate surface area is 180 Å². The van der Waals surface area contributed by atoms with E-state index in [1.807, 2.05) is 0 Å². The normalized spacial score (nSPS) is 56.9. The molecule has 2 radical (unpaired) electrons. The van der Waals surface area contributed by atoms with Crippen molar-refractivity contribution in [1.29, 1.82) is 0 Å². The number of hydrogen-bond acceptors (Lipinski definition) is 19. The van der Waals surface area contributed by atoms with Gasteiger partial charge in [0.05, 0.1) is 0 Å². The van der Waals surface area contributed by atoms with E-state index in [9.17, 15) is 76.7 Å². The van der Waals surface area contributed by atoms with Crippen LogP contribution in [-0.2, 0) is 12.3 Å². The highest BCUT2D eigenvalue weighted by Crippen LogP contribution is 2.53. The Morgan fingerprint density at radius 2 is 0.645 bits per heavy atom. The van der Waals surface area contributed by atoms with Gasteiger partial charge in [0.25, 0.3) is 0 Å². The molecule has 31 heavy (non-hydrogen) atoms. The second kappa shape index (κ2) is 6.04. The molecular formula is H16O19Si12. The van der Waals surface area contributed by atoms with E-state index in [1.54, 1.807) is 0 Å². The fourth-order valence-electron chi connectivity index (χ4n) is 3.95. The molecule has 4 atom stereocenters. The third-order valence-corrected chi connectivity index (χ3v) is 162. The molecule has 16 N–H and O–H groups in total. The van der Waals surface area contributed by atoms with Gasteiger partial charge >= 0.3 is 92.1 Å². The highest BCUT2D eigenvalue weighted by molar-refractivity contribution is 8.10. The molecule has 0 saturated carbocycles. The van der Waals surface area contributed by atoms with Gasteiger partial charge in [0.1, 0.15) is 0 Å². The van der Waals surface area contributed by atoms with Crippen LogP contribution in [0, 0.1) is 0 Å². The van der Waals surface area contributed by atoms with Crippen molar-refractivity contribution in [3.63, 3.8) is 0 Å². The van der Waals surface area contributed by atoms with Gasteiger partial charge in [-0.2, -0.15) is 0 Å². The van der Waals surface area contributed by atoms with Crippen molar-refractivity contribution in [3.05, 3.63) is 0 Å². The van der Waals surface area contributed by atoms with Gasteiger partial charge in [0, 0.05) is 0 Å². The first-order valence-corrected chi connectivity index (χ1v) is 41.4. The lowest BCUT2D eigenvalue weighted by Gasteiger charge is -2.67. The summed E-state index contributed by atoms with van der Waals surface area (Å²) in [4.78, 5) is 173. The van der Waals surface area contributed by atoms with Crippen LogP contribution >= 0.6 is 0 Å². The Balaban J connectivity index is 2.27. The zero-order chi connectivity index (χ0) is 24.3. The van der Waals surface area contributed by atoms with Crippen molar-refractivity contribution in [2.45, 2.75) is 0 Å². The van der Waals surface area contributed by atoms with Gasteiger partial charge in [-0.3, -0.25) is 0 Å². The Kier molecular flexibility index (Phi) is 5.05. The molecule has 5 fully saturated rings. The molecule has 178 valence electrons. The van der Waals surface area contributed by atoms with Gasteiger partial charge in [-0.1, -0.05) is 0 Å². The molecular weight excluding hydrogens is 641 g/mol. The molecule has 19 nitrogen and oxygen atoms in total. The Bertz CT molecular complexity index is 778. The maximum Gasteiger partial charge on any atom is 0.426 e. The fraction of sp³-hybridized carbons (Fsp3) is 0. The zero-order valence-corrected chi connectivity index (χ0v) is 26.4. The maximum atomic E-state index is 11.0. The summed E-state index contributed by atoms with van der Waals surface area (Å²) in [5, 5.41) is 0. The summed E-state index contributed by atoms with van der Waals surface area (Å²) in [6.45, 7) is 0. The zero-order valence-electron chi connectivity index (χ0n) is 14.4. The van der Waals surface area contributed by atoms with Gasteiger partial charge in [-0.25, -0.2) is 0 Å². The average Bonchev–Trinajstić information content (AvgIpc) is 2.61. The lowest BCUT2D eigenvalue weighted by Crippen LogP contribution is -3.18. The van der Waals surface area contributed by atoms with E-state index in [0.717, 1.165) is 0 Å². The quantitative estimate of drug-likeness (QED) is 0.108. The first-order chi connectivity index (χ1) is 13.4. The maximum absolute atomic E-state index is 11.0. The Morgan fingerprint density at radius 3 is 0.935 bits per heavy atom. The minimum Gasteiger partial charge on any atom is -0.429 e. The van der Waals surface area contributed by atoms with Crippen LogP contribution in [0.2, 0.25) is 0 Å². The van der Waals surface area contributed by atoms with Gasteiger partial charge in [0.2, 0.25) is 0 Å². The van der Waals surface area contributed by atoms with E-state index < -0.39 is 92.1 Å². The van der Waals surface area contributed by atoms with E-state index in [4.69, 9.17) is 12.3 Å². The predicted molar refractivity (Wildman–Crippen MR) is 108 cm³/mol. The topological polar surface area (TPSA) is 351 Å². The van der Waals surface area contributed by atoms with Gasteiger partial charge < -0.3 is 89.1 Å². The van der Waals surface area contributed by atoms with Crippen LogP contribution in [0.1, 0.15) is 0 Å². The molecule has 5 saturated heterocycles. The first-order valence-electron chi connectivity index (χ1n) is 7.80. The SMILES string of the molecule is O[Si]1[Si]2(O)O[Si]3(O)[Si](O)(O)[Si]4(O)O[Si]1(O)[Si](O)(O)[Si](O)(O[Si](O)([Si]3(O)O)[Si]4(O)O)[Si]2O. The molecule has 0 aromatic rings. The molecule has 0 spiro atoms. The summed E-state index contributed by atoms with van der Waals surface area (Å²) in [5.41, 5.74) is 0. The summed E-state index contributed by atoms with van der Waals surface area (Å²) < 4.78 is 14.4. The molecule has 0 aromatic carbocycles. The van der Waals surface area contributed by atoms with E-state index in [1.165, 1.54) is 0 Å². The third kappa shape index (κ3) is 2.11. The van der Waals surface area contributed by atoms with Crippen LogP contribution in [0.25, 0.3) is 0 Å². The third-order valence-electron chi connectivity index (χ3n) is 5.95. The largest absolute Gasteiger partial charge is 0.429 e. The fourth-order valence-corrected chi connectivity index (χ4v) is 285. The van der Waals surface area contributed by atoms with Gasteiger partial charge in [0.15, 0.2) is 0 Å². The van der Waals surface area contributed by atoms with E-state index >= 15 is 0 Å². The highest BCUT2D eigenvalue weighted by Gasteiger charge is 3.11. The second-order valence-electron chi connectivity index (χ2n) is 7.56. The second-order valence-corrected chi connectivity index (χ2v) is 89.3. The Morgan fingerprint density at radius 1 is 0.387 bits per heavy atom. The summed E-state index contributed by atoms with van der Waals surface area (Å²) in [6, 6.07) is 0.